The summed E-state index contributed by atoms with van der Waals surface area (Å²) in [7, 11) is 0. The van der Waals surface area contributed by atoms with Gasteiger partial charge < -0.3 is 5.73 Å². The van der Waals surface area contributed by atoms with Gasteiger partial charge in [-0.15, -0.1) is 0 Å². The molecule has 0 bridgehead atoms. The van der Waals surface area contributed by atoms with Crippen LogP contribution in [0.15, 0.2) is 18.3 Å². The molecule has 1 aliphatic rings. The first-order valence-electron chi connectivity index (χ1n) is 4.55. The zero-order valence-corrected chi connectivity index (χ0v) is 7.93. The summed E-state index contributed by atoms with van der Waals surface area (Å²) in [5.41, 5.74) is 6.10. The Morgan fingerprint density at radius 2 is 2.14 bits per heavy atom. The first kappa shape index (κ1) is 9.52. The van der Waals surface area contributed by atoms with Gasteiger partial charge in [0, 0.05) is 18.7 Å². The standard InChI is InChI=1S/C10H12F2N2/c1-9(11,12)8-6-7(2-5-14-8)10(13)3-4-10/h2,5-6H,3-4,13H2,1H3. The zero-order valence-electron chi connectivity index (χ0n) is 7.93. The summed E-state index contributed by atoms with van der Waals surface area (Å²) in [6, 6.07) is 3.12. The van der Waals surface area contributed by atoms with Crippen molar-refractivity contribution in [1.29, 1.82) is 0 Å². The summed E-state index contributed by atoms with van der Waals surface area (Å²) in [4.78, 5) is 3.65. The molecule has 1 aromatic heterocycles. The summed E-state index contributed by atoms with van der Waals surface area (Å²) >= 11 is 0. The first-order valence-corrected chi connectivity index (χ1v) is 4.55. The molecule has 2 rings (SSSR count). The third-order valence-electron chi connectivity index (χ3n) is 2.57. The molecule has 0 saturated heterocycles. The SMILES string of the molecule is CC(F)(F)c1cc(C2(N)CC2)ccn1. The summed E-state index contributed by atoms with van der Waals surface area (Å²) in [5.74, 6) is -2.89. The van der Waals surface area contributed by atoms with Gasteiger partial charge in [-0.25, -0.2) is 0 Å². The Labute approximate surface area is 81.1 Å². The van der Waals surface area contributed by atoms with Crippen LogP contribution in [0.3, 0.4) is 0 Å². The molecule has 0 radical (unpaired) electrons. The van der Waals surface area contributed by atoms with Gasteiger partial charge in [0.15, 0.2) is 0 Å². The Bertz CT molecular complexity index is 333. The molecule has 14 heavy (non-hydrogen) atoms. The van der Waals surface area contributed by atoms with Crippen LogP contribution < -0.4 is 5.73 Å². The molecule has 0 aromatic carbocycles. The van der Waals surface area contributed by atoms with Crippen molar-refractivity contribution >= 4 is 0 Å². The molecule has 0 aliphatic heterocycles. The van der Waals surface area contributed by atoms with Crippen LogP contribution in [0, 0.1) is 0 Å². The third kappa shape index (κ3) is 1.62. The van der Waals surface area contributed by atoms with E-state index in [1.165, 1.54) is 12.3 Å². The number of nitrogens with zero attached hydrogens (tertiary/aromatic N) is 1. The monoisotopic (exact) mass is 198 g/mol. The normalized spacial score (nSPS) is 19.4. The fourth-order valence-corrected chi connectivity index (χ4v) is 1.40. The fraction of sp³-hybridized carbons (Fsp3) is 0.500. The molecule has 0 unspecified atom stereocenters. The summed E-state index contributed by atoms with van der Waals surface area (Å²) in [6.07, 6.45) is 3.13. The van der Waals surface area contributed by atoms with Crippen LogP contribution in [-0.4, -0.2) is 4.98 Å². The molecule has 1 fully saturated rings. The Morgan fingerprint density at radius 1 is 1.50 bits per heavy atom. The van der Waals surface area contributed by atoms with Crippen LogP contribution in [0.25, 0.3) is 0 Å². The second kappa shape index (κ2) is 2.73. The van der Waals surface area contributed by atoms with Crippen molar-refractivity contribution < 1.29 is 8.78 Å². The maximum Gasteiger partial charge on any atom is 0.286 e. The third-order valence-corrected chi connectivity index (χ3v) is 2.57. The Kier molecular flexibility index (Phi) is 1.86. The number of alkyl halides is 2. The fourth-order valence-electron chi connectivity index (χ4n) is 1.40. The summed E-state index contributed by atoms with van der Waals surface area (Å²) < 4.78 is 25.9. The maximum atomic E-state index is 12.9. The molecule has 4 heteroatoms. The number of pyridine rings is 1. The Hall–Kier alpha value is -1.03. The van der Waals surface area contributed by atoms with Gasteiger partial charge in [-0.2, -0.15) is 8.78 Å². The summed E-state index contributed by atoms with van der Waals surface area (Å²) in [6.45, 7) is 0.842. The molecular formula is C10H12F2N2. The summed E-state index contributed by atoms with van der Waals surface area (Å²) in [5, 5.41) is 0. The molecule has 0 atom stereocenters. The van der Waals surface area contributed by atoms with Gasteiger partial charge in [-0.05, 0) is 30.5 Å². The van der Waals surface area contributed by atoms with E-state index in [9.17, 15) is 8.78 Å². The number of rotatable bonds is 2. The van der Waals surface area contributed by atoms with Crippen molar-refractivity contribution in [3.63, 3.8) is 0 Å². The average molecular weight is 198 g/mol. The minimum atomic E-state index is -2.89. The first-order chi connectivity index (χ1) is 6.42. The van der Waals surface area contributed by atoms with Crippen molar-refractivity contribution in [2.24, 2.45) is 5.73 Å². The number of aromatic nitrogens is 1. The topological polar surface area (TPSA) is 38.9 Å². The van der Waals surface area contributed by atoms with Crippen molar-refractivity contribution in [2.45, 2.75) is 31.2 Å². The minimum Gasteiger partial charge on any atom is -0.321 e. The number of nitrogens with two attached hydrogens (primary N) is 1. The lowest BCUT2D eigenvalue weighted by Gasteiger charge is -2.13. The highest BCUT2D eigenvalue weighted by molar-refractivity contribution is 5.30. The highest BCUT2D eigenvalue weighted by atomic mass is 19.3. The van der Waals surface area contributed by atoms with Gasteiger partial charge in [-0.3, -0.25) is 4.98 Å². The number of hydrogen-bond donors (Lipinski definition) is 1. The van der Waals surface area contributed by atoms with E-state index < -0.39 is 5.92 Å². The van der Waals surface area contributed by atoms with Gasteiger partial charge in [-0.1, -0.05) is 0 Å². The molecule has 1 aromatic rings. The van der Waals surface area contributed by atoms with E-state index >= 15 is 0 Å². The van der Waals surface area contributed by atoms with Crippen LogP contribution >= 0.6 is 0 Å². The van der Waals surface area contributed by atoms with Crippen LogP contribution in [0.5, 0.6) is 0 Å². The predicted molar refractivity (Wildman–Crippen MR) is 48.9 cm³/mol. The van der Waals surface area contributed by atoms with Crippen LogP contribution in [-0.2, 0) is 11.5 Å². The maximum absolute atomic E-state index is 12.9. The van der Waals surface area contributed by atoms with E-state index in [0.29, 0.717) is 0 Å². The molecule has 2 nitrogen and oxygen atoms in total. The van der Waals surface area contributed by atoms with Gasteiger partial charge in [0.1, 0.15) is 5.69 Å². The molecular weight excluding hydrogens is 186 g/mol. The molecule has 2 N–H and O–H groups in total. The highest BCUT2D eigenvalue weighted by Crippen LogP contribution is 2.43. The quantitative estimate of drug-likeness (QED) is 0.790. The lowest BCUT2D eigenvalue weighted by Crippen LogP contribution is -2.20. The second-order valence-corrected chi connectivity index (χ2v) is 3.97. The minimum absolute atomic E-state index is 0.202. The highest BCUT2D eigenvalue weighted by Gasteiger charge is 2.41. The van der Waals surface area contributed by atoms with Gasteiger partial charge in [0.25, 0.3) is 5.92 Å². The van der Waals surface area contributed by atoms with Gasteiger partial charge in [0.2, 0.25) is 0 Å². The zero-order chi connectivity index (χ0) is 10.4. The molecule has 1 heterocycles. The van der Waals surface area contributed by atoms with E-state index in [0.717, 1.165) is 25.3 Å². The Balaban J connectivity index is 2.37. The molecule has 76 valence electrons. The van der Waals surface area contributed by atoms with Crippen molar-refractivity contribution in [3.05, 3.63) is 29.6 Å². The van der Waals surface area contributed by atoms with Crippen molar-refractivity contribution in [2.75, 3.05) is 0 Å². The largest absolute Gasteiger partial charge is 0.321 e. The predicted octanol–water partition coefficient (Wildman–Crippen LogP) is 2.14. The molecule has 0 spiro atoms. The van der Waals surface area contributed by atoms with Crippen molar-refractivity contribution in [3.8, 4) is 0 Å². The molecule has 1 saturated carbocycles. The number of hydrogen-bond acceptors (Lipinski definition) is 2. The average Bonchev–Trinajstić information content (AvgIpc) is 2.84. The van der Waals surface area contributed by atoms with E-state index in [1.54, 1.807) is 6.07 Å². The molecule has 1 aliphatic carbocycles. The van der Waals surface area contributed by atoms with E-state index in [2.05, 4.69) is 4.98 Å². The smallest absolute Gasteiger partial charge is 0.286 e. The van der Waals surface area contributed by atoms with E-state index in [4.69, 9.17) is 5.73 Å². The Morgan fingerprint density at radius 3 is 2.64 bits per heavy atom. The van der Waals surface area contributed by atoms with E-state index in [-0.39, 0.29) is 11.2 Å². The van der Waals surface area contributed by atoms with Crippen LogP contribution in [0.4, 0.5) is 8.78 Å². The number of halogens is 2. The second-order valence-electron chi connectivity index (χ2n) is 3.97. The molecule has 0 amide bonds. The van der Waals surface area contributed by atoms with E-state index in [1.807, 2.05) is 0 Å². The van der Waals surface area contributed by atoms with Crippen LogP contribution in [0.2, 0.25) is 0 Å². The van der Waals surface area contributed by atoms with Gasteiger partial charge in [0.05, 0.1) is 0 Å². The lowest BCUT2D eigenvalue weighted by atomic mass is 10.1. The lowest BCUT2D eigenvalue weighted by molar-refractivity contribution is 0.0126. The van der Waals surface area contributed by atoms with Crippen molar-refractivity contribution in [1.82, 2.24) is 4.98 Å². The van der Waals surface area contributed by atoms with Gasteiger partial charge >= 0.3 is 0 Å². The van der Waals surface area contributed by atoms with Crippen LogP contribution in [0.1, 0.15) is 31.0 Å².